The Balaban J connectivity index is 1.91. The maximum atomic E-state index is 13.2. The zero-order chi connectivity index (χ0) is 16.5. The third-order valence-corrected chi connectivity index (χ3v) is 5.01. The van der Waals surface area contributed by atoms with Gasteiger partial charge in [0.05, 0.1) is 24.8 Å². The quantitative estimate of drug-likeness (QED) is 0.844. The van der Waals surface area contributed by atoms with E-state index >= 15 is 0 Å². The molecule has 1 aliphatic carbocycles. The molecule has 0 unspecified atom stereocenters. The van der Waals surface area contributed by atoms with E-state index in [4.69, 9.17) is 15.2 Å². The number of aliphatic imine (C=N–C) groups is 1. The Morgan fingerprint density at radius 3 is 2.52 bits per heavy atom. The Bertz CT molecular complexity index is 811. The monoisotopic (exact) mass is 312 g/mol. The van der Waals surface area contributed by atoms with Crippen LogP contribution in [-0.2, 0) is 9.47 Å². The molecule has 0 radical (unpaired) electrons. The summed E-state index contributed by atoms with van der Waals surface area (Å²) >= 11 is 0. The molecule has 23 heavy (non-hydrogen) atoms. The second kappa shape index (κ2) is 4.08. The third-order valence-electron chi connectivity index (χ3n) is 5.01. The van der Waals surface area contributed by atoms with E-state index in [9.17, 15) is 14.9 Å². The molecule has 4 rings (SSSR count). The molecular formula is C16H13FN4O2. The van der Waals surface area contributed by atoms with E-state index < -0.39 is 28.5 Å². The summed E-state index contributed by atoms with van der Waals surface area (Å²) < 4.78 is 24.7. The first-order valence-corrected chi connectivity index (χ1v) is 7.23. The highest BCUT2D eigenvalue weighted by Gasteiger charge is 2.94. The Labute approximate surface area is 131 Å². The molecule has 1 saturated heterocycles. The highest BCUT2D eigenvalue weighted by Crippen LogP contribution is 2.82. The lowest BCUT2D eigenvalue weighted by Crippen LogP contribution is -2.39. The summed E-state index contributed by atoms with van der Waals surface area (Å²) in [5.41, 5.74) is 3.99. The third kappa shape index (κ3) is 1.31. The van der Waals surface area contributed by atoms with Gasteiger partial charge < -0.3 is 15.2 Å². The molecule has 2 fully saturated rings. The number of nitrogens with two attached hydrogens (primary N) is 1. The molecule has 7 heteroatoms. The number of ether oxygens (including phenoxy) is 2. The highest BCUT2D eigenvalue weighted by atomic mass is 19.1. The van der Waals surface area contributed by atoms with Gasteiger partial charge in [-0.15, -0.1) is 0 Å². The van der Waals surface area contributed by atoms with Crippen LogP contribution in [0, 0.1) is 39.3 Å². The van der Waals surface area contributed by atoms with Crippen LogP contribution in [0.1, 0.15) is 18.4 Å². The van der Waals surface area contributed by atoms with Crippen molar-refractivity contribution < 1.29 is 13.9 Å². The number of hydrogen-bond acceptors (Lipinski definition) is 6. The van der Waals surface area contributed by atoms with Crippen molar-refractivity contribution in [2.45, 2.75) is 24.9 Å². The molecule has 1 aromatic rings. The number of fused-ring (bicyclic) bond motifs is 2. The minimum Gasteiger partial charge on any atom is -0.386 e. The van der Waals surface area contributed by atoms with Crippen LogP contribution in [0.3, 0.4) is 0 Å². The van der Waals surface area contributed by atoms with E-state index in [1.165, 1.54) is 12.1 Å². The van der Waals surface area contributed by atoms with E-state index in [-0.39, 0.29) is 18.5 Å². The Morgan fingerprint density at radius 2 is 2.00 bits per heavy atom. The largest absolute Gasteiger partial charge is 0.386 e. The molecule has 0 bridgehead atoms. The first-order valence-electron chi connectivity index (χ1n) is 7.23. The summed E-state index contributed by atoms with van der Waals surface area (Å²) in [5.74, 6) is -2.51. The Hall–Kier alpha value is -2.48. The van der Waals surface area contributed by atoms with Crippen molar-refractivity contribution in [1.82, 2.24) is 0 Å². The van der Waals surface area contributed by atoms with Crippen molar-refractivity contribution in [3.8, 4) is 12.1 Å². The SMILES string of the molecule is C[C@H]1CO[C@@]2(N=C(N)[C@@]3(C#N)[C@@H](c4ccc(F)cc4)[C@@]23C#N)O1. The number of nitrogens with zero attached hydrogens (tertiary/aromatic N) is 3. The molecule has 6 nitrogen and oxygen atoms in total. The van der Waals surface area contributed by atoms with E-state index in [0.29, 0.717) is 5.56 Å². The maximum Gasteiger partial charge on any atom is 0.293 e. The van der Waals surface area contributed by atoms with Gasteiger partial charge >= 0.3 is 0 Å². The minimum absolute atomic E-state index is 0.0324. The lowest BCUT2D eigenvalue weighted by molar-refractivity contribution is -0.193. The molecule has 2 N–H and O–H groups in total. The van der Waals surface area contributed by atoms with E-state index in [1.807, 2.05) is 0 Å². The molecule has 1 aromatic carbocycles. The van der Waals surface area contributed by atoms with Gasteiger partial charge in [-0.2, -0.15) is 10.5 Å². The summed E-state index contributed by atoms with van der Waals surface area (Å²) in [6.07, 6.45) is -0.263. The maximum absolute atomic E-state index is 13.2. The summed E-state index contributed by atoms with van der Waals surface area (Å²) in [7, 11) is 0. The van der Waals surface area contributed by atoms with Gasteiger partial charge in [0, 0.05) is 5.92 Å². The summed E-state index contributed by atoms with van der Waals surface area (Å²) in [4.78, 5) is 4.21. The zero-order valence-corrected chi connectivity index (χ0v) is 12.3. The number of hydrogen-bond donors (Lipinski definition) is 1. The van der Waals surface area contributed by atoms with Crippen molar-refractivity contribution in [2.75, 3.05) is 6.61 Å². The van der Waals surface area contributed by atoms with Gasteiger partial charge in [0.25, 0.3) is 5.91 Å². The molecule has 1 spiro atoms. The molecule has 2 heterocycles. The van der Waals surface area contributed by atoms with Gasteiger partial charge in [0.2, 0.25) is 0 Å². The fourth-order valence-electron chi connectivity index (χ4n) is 4.02. The first kappa shape index (κ1) is 14.1. The van der Waals surface area contributed by atoms with Crippen LogP contribution in [0.5, 0.6) is 0 Å². The fraction of sp³-hybridized carbons (Fsp3) is 0.438. The molecule has 116 valence electrons. The van der Waals surface area contributed by atoms with Crippen LogP contribution in [-0.4, -0.2) is 24.5 Å². The van der Waals surface area contributed by atoms with Crippen molar-refractivity contribution in [3.05, 3.63) is 35.6 Å². The van der Waals surface area contributed by atoms with Gasteiger partial charge in [0.1, 0.15) is 17.1 Å². The van der Waals surface area contributed by atoms with Gasteiger partial charge in [-0.1, -0.05) is 12.1 Å². The molecular weight excluding hydrogens is 299 g/mol. The number of halogens is 1. The predicted octanol–water partition coefficient (Wildman–Crippen LogP) is 1.40. The minimum atomic E-state index is -1.57. The smallest absolute Gasteiger partial charge is 0.293 e. The van der Waals surface area contributed by atoms with Crippen molar-refractivity contribution in [2.24, 2.45) is 21.6 Å². The lowest BCUT2D eigenvalue weighted by Gasteiger charge is -2.26. The van der Waals surface area contributed by atoms with E-state index in [0.717, 1.165) is 0 Å². The lowest BCUT2D eigenvalue weighted by atomic mass is 9.94. The fourth-order valence-corrected chi connectivity index (χ4v) is 4.02. The second-order valence-corrected chi connectivity index (χ2v) is 6.14. The van der Waals surface area contributed by atoms with E-state index in [1.54, 1.807) is 19.1 Å². The highest BCUT2D eigenvalue weighted by molar-refractivity contribution is 6.00. The number of amidine groups is 1. The first-order chi connectivity index (χ1) is 11.0. The van der Waals surface area contributed by atoms with Crippen molar-refractivity contribution >= 4 is 5.84 Å². The number of benzene rings is 1. The van der Waals surface area contributed by atoms with Gasteiger partial charge in [-0.05, 0) is 24.6 Å². The van der Waals surface area contributed by atoms with Gasteiger partial charge in [-0.3, -0.25) is 0 Å². The standard InChI is InChI=1S/C16H13FN4O2/c1-9-6-22-16(23-9)15(8-19)12(10-2-4-11(17)5-3-10)14(15,7-18)13(20)21-16/h2-5,9,12H,6H2,1H3,(H2,20,21)/t9-,12+,14+,15+,16+/m0/s1. The van der Waals surface area contributed by atoms with Crippen LogP contribution in [0.4, 0.5) is 4.39 Å². The molecule has 1 saturated carbocycles. The summed E-state index contributed by atoms with van der Waals surface area (Å²) in [5, 5.41) is 19.7. The molecule has 3 aliphatic rings. The number of nitriles is 2. The van der Waals surface area contributed by atoms with Crippen LogP contribution < -0.4 is 5.73 Å². The molecule has 0 amide bonds. The van der Waals surface area contributed by atoms with Crippen LogP contribution in [0.2, 0.25) is 0 Å². The topological polar surface area (TPSA) is 104 Å². The van der Waals surface area contributed by atoms with E-state index in [2.05, 4.69) is 17.1 Å². The molecule has 2 aliphatic heterocycles. The van der Waals surface area contributed by atoms with Crippen molar-refractivity contribution in [3.63, 3.8) is 0 Å². The summed E-state index contributed by atoms with van der Waals surface area (Å²) in [6.45, 7) is 2.06. The molecule has 0 aromatic heterocycles. The van der Waals surface area contributed by atoms with Gasteiger partial charge in [0.15, 0.2) is 5.41 Å². The molecule has 5 atom stereocenters. The Morgan fingerprint density at radius 1 is 1.30 bits per heavy atom. The normalized spacial score (nSPS) is 43.6. The Kier molecular flexibility index (Phi) is 2.51. The summed E-state index contributed by atoms with van der Waals surface area (Å²) in [6, 6.07) is 10.0. The van der Waals surface area contributed by atoms with Crippen molar-refractivity contribution in [1.29, 1.82) is 10.5 Å². The second-order valence-electron chi connectivity index (χ2n) is 6.14. The average molecular weight is 312 g/mol. The number of rotatable bonds is 1. The van der Waals surface area contributed by atoms with Crippen LogP contribution in [0.15, 0.2) is 29.3 Å². The van der Waals surface area contributed by atoms with Crippen LogP contribution in [0.25, 0.3) is 0 Å². The zero-order valence-electron chi connectivity index (χ0n) is 12.3. The average Bonchev–Trinajstić information content (AvgIpc) is 2.92. The predicted molar refractivity (Wildman–Crippen MR) is 76.1 cm³/mol. The van der Waals surface area contributed by atoms with Crippen LogP contribution >= 0.6 is 0 Å². The van der Waals surface area contributed by atoms with Gasteiger partial charge in [-0.25, -0.2) is 9.38 Å².